The summed E-state index contributed by atoms with van der Waals surface area (Å²) in [6.45, 7) is 3.97. The predicted octanol–water partition coefficient (Wildman–Crippen LogP) is 2.21. The van der Waals surface area contributed by atoms with E-state index in [-0.39, 0.29) is 16.6 Å². The topological polar surface area (TPSA) is 84.4 Å². The van der Waals surface area contributed by atoms with Gasteiger partial charge in [0.25, 0.3) is 0 Å². The summed E-state index contributed by atoms with van der Waals surface area (Å²) in [5.74, 6) is 0.423. The van der Waals surface area contributed by atoms with E-state index in [1.807, 2.05) is 0 Å². The molecule has 0 atom stereocenters. The Morgan fingerprint density at radius 1 is 1.30 bits per heavy atom. The monoisotopic (exact) mass is 394 g/mol. The highest BCUT2D eigenvalue weighted by atomic mass is 32.2. The van der Waals surface area contributed by atoms with Crippen molar-refractivity contribution in [2.75, 3.05) is 31.1 Å². The SMILES string of the molecule is CCOc1ccc(S(=O)(=O)NCC2CCN(c3cnccn3)CC2)cc1F. The quantitative estimate of drug-likeness (QED) is 0.775. The molecule has 0 aliphatic carbocycles. The van der Waals surface area contributed by atoms with E-state index >= 15 is 0 Å². The first-order valence-corrected chi connectivity index (χ1v) is 10.4. The molecule has 0 unspecified atom stereocenters. The molecule has 27 heavy (non-hydrogen) atoms. The molecule has 0 bridgehead atoms. The molecule has 1 saturated heterocycles. The lowest BCUT2D eigenvalue weighted by Crippen LogP contribution is -2.39. The number of piperidine rings is 1. The minimum atomic E-state index is -3.76. The van der Waals surface area contributed by atoms with Gasteiger partial charge in [-0.2, -0.15) is 0 Å². The van der Waals surface area contributed by atoms with Gasteiger partial charge in [0, 0.05) is 32.0 Å². The zero-order chi connectivity index (χ0) is 19.3. The van der Waals surface area contributed by atoms with Gasteiger partial charge < -0.3 is 9.64 Å². The molecular weight excluding hydrogens is 371 g/mol. The van der Waals surface area contributed by atoms with Gasteiger partial charge in [0.2, 0.25) is 10.0 Å². The highest BCUT2D eigenvalue weighted by Gasteiger charge is 2.23. The number of rotatable bonds is 7. The van der Waals surface area contributed by atoms with E-state index in [0.29, 0.717) is 13.2 Å². The van der Waals surface area contributed by atoms with Crippen molar-refractivity contribution in [1.29, 1.82) is 0 Å². The third-order valence-electron chi connectivity index (χ3n) is 4.56. The van der Waals surface area contributed by atoms with Crippen LogP contribution in [0.3, 0.4) is 0 Å². The van der Waals surface area contributed by atoms with Gasteiger partial charge in [-0.15, -0.1) is 0 Å². The highest BCUT2D eigenvalue weighted by molar-refractivity contribution is 7.89. The van der Waals surface area contributed by atoms with Crippen molar-refractivity contribution in [2.45, 2.75) is 24.7 Å². The summed E-state index contributed by atoms with van der Waals surface area (Å²) >= 11 is 0. The molecule has 1 aromatic heterocycles. The van der Waals surface area contributed by atoms with Crippen LogP contribution in [0.2, 0.25) is 0 Å². The van der Waals surface area contributed by atoms with Crippen molar-refractivity contribution in [2.24, 2.45) is 5.92 Å². The Morgan fingerprint density at radius 3 is 2.70 bits per heavy atom. The fourth-order valence-electron chi connectivity index (χ4n) is 3.05. The standard InChI is InChI=1S/C18H23FN4O3S/c1-2-26-17-4-3-15(11-16(17)19)27(24,25)22-12-14-5-9-23(10-6-14)18-13-20-7-8-21-18/h3-4,7-8,11,13-14,22H,2,5-6,9-10,12H2,1H3. The molecule has 0 saturated carbocycles. The van der Waals surface area contributed by atoms with Gasteiger partial charge in [0.05, 0.1) is 17.7 Å². The van der Waals surface area contributed by atoms with Gasteiger partial charge >= 0.3 is 0 Å². The third kappa shape index (κ3) is 4.92. The fraction of sp³-hybridized carbons (Fsp3) is 0.444. The van der Waals surface area contributed by atoms with Gasteiger partial charge in [0.15, 0.2) is 11.6 Å². The summed E-state index contributed by atoms with van der Waals surface area (Å²) in [5.41, 5.74) is 0. The molecule has 0 spiro atoms. The summed E-state index contributed by atoms with van der Waals surface area (Å²) in [6.07, 6.45) is 6.71. The van der Waals surface area contributed by atoms with Crippen LogP contribution >= 0.6 is 0 Å². The highest BCUT2D eigenvalue weighted by Crippen LogP contribution is 2.23. The van der Waals surface area contributed by atoms with Crippen LogP contribution in [0, 0.1) is 11.7 Å². The summed E-state index contributed by atoms with van der Waals surface area (Å²) in [5, 5.41) is 0. The van der Waals surface area contributed by atoms with Crippen LogP contribution in [-0.4, -0.2) is 44.6 Å². The van der Waals surface area contributed by atoms with Crippen LogP contribution in [0.5, 0.6) is 5.75 Å². The van der Waals surface area contributed by atoms with E-state index in [9.17, 15) is 12.8 Å². The van der Waals surface area contributed by atoms with Gasteiger partial charge in [-0.05, 0) is 43.9 Å². The second-order valence-corrected chi connectivity index (χ2v) is 8.14. The average molecular weight is 394 g/mol. The molecular formula is C18H23FN4O3S. The number of sulfonamides is 1. The third-order valence-corrected chi connectivity index (χ3v) is 5.98. The van der Waals surface area contributed by atoms with Crippen molar-refractivity contribution in [3.63, 3.8) is 0 Å². The van der Waals surface area contributed by atoms with Gasteiger partial charge in [-0.25, -0.2) is 22.5 Å². The Kier molecular flexibility index (Phi) is 6.22. The van der Waals surface area contributed by atoms with E-state index in [4.69, 9.17) is 4.74 Å². The predicted molar refractivity (Wildman–Crippen MR) is 99.7 cm³/mol. The van der Waals surface area contributed by atoms with Crippen molar-refractivity contribution >= 4 is 15.8 Å². The molecule has 0 amide bonds. The first kappa shape index (κ1) is 19.5. The van der Waals surface area contributed by atoms with Gasteiger partial charge in [0.1, 0.15) is 5.82 Å². The summed E-state index contributed by atoms with van der Waals surface area (Å²) in [7, 11) is -3.76. The van der Waals surface area contributed by atoms with Crippen molar-refractivity contribution in [3.05, 3.63) is 42.6 Å². The number of ether oxygens (including phenoxy) is 1. The molecule has 1 N–H and O–H groups in total. The second kappa shape index (κ2) is 8.62. The number of nitrogens with zero attached hydrogens (tertiary/aromatic N) is 3. The zero-order valence-corrected chi connectivity index (χ0v) is 16.0. The molecule has 2 aromatic rings. The molecule has 0 radical (unpaired) electrons. The average Bonchev–Trinajstić information content (AvgIpc) is 2.69. The molecule has 146 valence electrons. The van der Waals surface area contributed by atoms with Crippen molar-refractivity contribution in [3.8, 4) is 5.75 Å². The minimum absolute atomic E-state index is 0.0489. The van der Waals surface area contributed by atoms with E-state index in [0.717, 1.165) is 37.8 Å². The Bertz CT molecular complexity index is 856. The largest absolute Gasteiger partial charge is 0.491 e. The number of hydrogen-bond acceptors (Lipinski definition) is 6. The van der Waals surface area contributed by atoms with E-state index < -0.39 is 15.8 Å². The van der Waals surface area contributed by atoms with E-state index in [1.54, 1.807) is 25.5 Å². The normalized spacial score (nSPS) is 15.7. The first-order chi connectivity index (χ1) is 13.0. The maximum absolute atomic E-state index is 13.9. The lowest BCUT2D eigenvalue weighted by atomic mass is 9.97. The molecule has 3 rings (SSSR count). The maximum Gasteiger partial charge on any atom is 0.240 e. The molecule has 1 fully saturated rings. The lowest BCUT2D eigenvalue weighted by Gasteiger charge is -2.32. The number of benzene rings is 1. The number of anilines is 1. The van der Waals surface area contributed by atoms with E-state index in [1.165, 1.54) is 12.1 Å². The van der Waals surface area contributed by atoms with Crippen LogP contribution in [0.25, 0.3) is 0 Å². The molecule has 9 heteroatoms. The molecule has 1 aliphatic heterocycles. The van der Waals surface area contributed by atoms with Gasteiger partial charge in [-0.1, -0.05) is 0 Å². The minimum Gasteiger partial charge on any atom is -0.491 e. The van der Waals surface area contributed by atoms with Crippen LogP contribution in [0.1, 0.15) is 19.8 Å². The smallest absolute Gasteiger partial charge is 0.240 e. The number of aromatic nitrogens is 2. The molecule has 7 nitrogen and oxygen atoms in total. The van der Waals surface area contributed by atoms with E-state index in [2.05, 4.69) is 19.6 Å². The summed E-state index contributed by atoms with van der Waals surface area (Å²) in [6, 6.07) is 3.68. The van der Waals surface area contributed by atoms with Gasteiger partial charge in [-0.3, -0.25) is 4.98 Å². The summed E-state index contributed by atoms with van der Waals surface area (Å²) in [4.78, 5) is 10.4. The zero-order valence-electron chi connectivity index (χ0n) is 15.1. The van der Waals surface area contributed by atoms with Crippen LogP contribution in [0.15, 0.2) is 41.7 Å². The molecule has 1 aliphatic rings. The lowest BCUT2D eigenvalue weighted by molar-refractivity contribution is 0.321. The number of hydrogen-bond donors (Lipinski definition) is 1. The second-order valence-electron chi connectivity index (χ2n) is 6.37. The number of nitrogens with one attached hydrogen (secondary N) is 1. The Labute approximate surface area is 158 Å². The Hall–Kier alpha value is -2.26. The maximum atomic E-state index is 13.9. The van der Waals surface area contributed by atoms with Crippen LogP contribution in [-0.2, 0) is 10.0 Å². The van der Waals surface area contributed by atoms with Crippen molar-refractivity contribution < 1.29 is 17.5 Å². The van der Waals surface area contributed by atoms with Crippen LogP contribution in [0.4, 0.5) is 10.2 Å². The summed E-state index contributed by atoms with van der Waals surface area (Å²) < 4.78 is 46.5. The Balaban J connectivity index is 1.54. The number of halogens is 1. The van der Waals surface area contributed by atoms with Crippen molar-refractivity contribution in [1.82, 2.24) is 14.7 Å². The fourth-order valence-corrected chi connectivity index (χ4v) is 4.18. The molecule has 2 heterocycles. The molecule has 1 aromatic carbocycles. The Morgan fingerprint density at radius 2 is 2.07 bits per heavy atom. The first-order valence-electron chi connectivity index (χ1n) is 8.92. The van der Waals surface area contributed by atoms with Crippen LogP contribution < -0.4 is 14.4 Å².